The minimum atomic E-state index is -1.20. The summed E-state index contributed by atoms with van der Waals surface area (Å²) >= 11 is 0. The van der Waals surface area contributed by atoms with Crippen molar-refractivity contribution in [1.82, 2.24) is 10.3 Å². The van der Waals surface area contributed by atoms with Crippen LogP contribution in [0.2, 0.25) is 0 Å². The van der Waals surface area contributed by atoms with Crippen molar-refractivity contribution in [1.29, 1.82) is 0 Å². The van der Waals surface area contributed by atoms with Gasteiger partial charge in [-0.3, -0.25) is 14.4 Å². The van der Waals surface area contributed by atoms with Crippen LogP contribution >= 0.6 is 0 Å². The Morgan fingerprint density at radius 1 is 1.10 bits per heavy atom. The second kappa shape index (κ2) is 12.2. The third-order valence-electron chi connectivity index (χ3n) is 6.21. The summed E-state index contributed by atoms with van der Waals surface area (Å²) in [5.41, 5.74) is 0.441. The van der Waals surface area contributed by atoms with E-state index in [2.05, 4.69) is 16.9 Å². The number of amides is 1. The third kappa shape index (κ3) is 7.31. The average molecular weight is 537 g/mol. The van der Waals surface area contributed by atoms with E-state index in [-0.39, 0.29) is 28.4 Å². The standard InChI is InChI=1S/C30H36N2O7/c1-8-19-13-20(16-33)22(14-24(19)37-7)21-11-12-23(26(34)31-15-18-9-10-18)32-25(21)27(35)38-28(17(2)3)39-29(36)30(4,5)6/h8,11-14,16-18,28H,1,9-10,15H2,2-7H3,(H,31,34). The number of aldehydes is 1. The highest BCUT2D eigenvalue weighted by Gasteiger charge is 2.32. The van der Waals surface area contributed by atoms with Crippen molar-refractivity contribution < 1.29 is 33.4 Å². The first-order chi connectivity index (χ1) is 18.4. The van der Waals surface area contributed by atoms with Gasteiger partial charge in [0.05, 0.1) is 12.5 Å². The molecule has 0 spiro atoms. The second-order valence-electron chi connectivity index (χ2n) is 10.9. The van der Waals surface area contributed by atoms with Crippen LogP contribution in [0.1, 0.15) is 84.4 Å². The number of ether oxygens (including phenoxy) is 3. The molecular formula is C30H36N2O7. The summed E-state index contributed by atoms with van der Waals surface area (Å²) in [5.74, 6) is -1.37. The molecule has 1 amide bonds. The summed E-state index contributed by atoms with van der Waals surface area (Å²) in [4.78, 5) is 55.3. The summed E-state index contributed by atoms with van der Waals surface area (Å²) in [6, 6.07) is 6.20. The number of hydrogen-bond donors (Lipinski definition) is 1. The van der Waals surface area contributed by atoms with Gasteiger partial charge in [0.1, 0.15) is 11.4 Å². The summed E-state index contributed by atoms with van der Waals surface area (Å²) in [6.07, 6.45) is 3.12. The van der Waals surface area contributed by atoms with Gasteiger partial charge in [0.15, 0.2) is 12.0 Å². The fraction of sp³-hybridized carbons (Fsp3) is 0.433. The Balaban J connectivity index is 2.08. The maximum absolute atomic E-state index is 13.6. The Hall–Kier alpha value is -4.01. The van der Waals surface area contributed by atoms with Crippen molar-refractivity contribution >= 4 is 30.2 Å². The van der Waals surface area contributed by atoms with Gasteiger partial charge in [0.2, 0.25) is 6.29 Å². The van der Waals surface area contributed by atoms with Crippen molar-refractivity contribution in [2.45, 2.75) is 53.8 Å². The zero-order chi connectivity index (χ0) is 28.9. The first kappa shape index (κ1) is 29.5. The average Bonchev–Trinajstić information content (AvgIpc) is 3.74. The number of nitrogens with one attached hydrogen (secondary N) is 1. The fourth-order valence-corrected chi connectivity index (χ4v) is 3.63. The SMILES string of the molecule is C=Cc1cc(C=O)c(-c2ccc(C(=O)NCC3CC3)nc2C(=O)OC(OC(=O)C(C)(C)C)C(C)C)cc1OC. The lowest BCUT2D eigenvalue weighted by molar-refractivity contribution is -0.184. The molecule has 1 aliphatic carbocycles. The van der Waals surface area contributed by atoms with Gasteiger partial charge < -0.3 is 19.5 Å². The Kier molecular flexibility index (Phi) is 9.27. The van der Waals surface area contributed by atoms with Gasteiger partial charge in [0.25, 0.3) is 5.91 Å². The highest BCUT2D eigenvalue weighted by atomic mass is 16.7. The lowest BCUT2D eigenvalue weighted by Crippen LogP contribution is -2.34. The molecule has 9 heteroatoms. The highest BCUT2D eigenvalue weighted by molar-refractivity contribution is 6.01. The molecule has 1 aromatic heterocycles. The molecule has 9 nitrogen and oxygen atoms in total. The number of pyridine rings is 1. The summed E-state index contributed by atoms with van der Waals surface area (Å²) in [5, 5.41) is 2.83. The summed E-state index contributed by atoms with van der Waals surface area (Å²) < 4.78 is 16.6. The molecule has 1 aromatic carbocycles. The number of carbonyl (C=O) groups is 4. The number of rotatable bonds is 11. The smallest absolute Gasteiger partial charge is 0.360 e. The number of esters is 2. The molecule has 1 unspecified atom stereocenters. The van der Waals surface area contributed by atoms with Gasteiger partial charge in [0, 0.05) is 29.2 Å². The van der Waals surface area contributed by atoms with Crippen LogP contribution in [-0.2, 0) is 14.3 Å². The maximum Gasteiger partial charge on any atom is 0.360 e. The fourth-order valence-electron chi connectivity index (χ4n) is 3.63. The van der Waals surface area contributed by atoms with E-state index < -0.39 is 29.6 Å². The van der Waals surface area contributed by atoms with E-state index in [0.29, 0.717) is 35.6 Å². The molecule has 1 atom stereocenters. The minimum absolute atomic E-state index is 0.0152. The Bertz CT molecular complexity index is 1270. The number of hydrogen-bond acceptors (Lipinski definition) is 8. The molecule has 0 aliphatic heterocycles. The topological polar surface area (TPSA) is 121 Å². The molecule has 1 saturated carbocycles. The molecule has 39 heavy (non-hydrogen) atoms. The van der Waals surface area contributed by atoms with Crippen LogP contribution in [0.15, 0.2) is 30.8 Å². The van der Waals surface area contributed by atoms with Gasteiger partial charge in [-0.05, 0) is 69.4 Å². The number of nitrogens with zero attached hydrogens (tertiary/aromatic N) is 1. The van der Waals surface area contributed by atoms with Gasteiger partial charge in [-0.1, -0.05) is 26.5 Å². The Morgan fingerprint density at radius 3 is 2.33 bits per heavy atom. The van der Waals surface area contributed by atoms with Gasteiger partial charge in [-0.25, -0.2) is 9.78 Å². The molecule has 1 heterocycles. The van der Waals surface area contributed by atoms with Crippen LogP contribution in [0.4, 0.5) is 0 Å². The quantitative estimate of drug-likeness (QED) is 0.240. The van der Waals surface area contributed by atoms with E-state index in [1.807, 2.05) is 0 Å². The predicted molar refractivity (Wildman–Crippen MR) is 146 cm³/mol. The van der Waals surface area contributed by atoms with Crippen molar-refractivity contribution in [2.24, 2.45) is 17.3 Å². The van der Waals surface area contributed by atoms with Crippen molar-refractivity contribution in [2.75, 3.05) is 13.7 Å². The van der Waals surface area contributed by atoms with Crippen molar-refractivity contribution in [3.8, 4) is 16.9 Å². The molecule has 208 valence electrons. The second-order valence-corrected chi connectivity index (χ2v) is 10.9. The number of benzene rings is 1. The zero-order valence-corrected chi connectivity index (χ0v) is 23.3. The van der Waals surface area contributed by atoms with E-state index in [4.69, 9.17) is 14.2 Å². The first-order valence-electron chi connectivity index (χ1n) is 12.9. The van der Waals surface area contributed by atoms with Gasteiger partial charge >= 0.3 is 11.9 Å². The molecule has 1 aliphatic rings. The van der Waals surface area contributed by atoms with Crippen LogP contribution in [0.25, 0.3) is 17.2 Å². The Labute approximate surface area is 228 Å². The van der Waals surface area contributed by atoms with E-state index in [9.17, 15) is 19.2 Å². The van der Waals surface area contributed by atoms with E-state index >= 15 is 0 Å². The van der Waals surface area contributed by atoms with Crippen LogP contribution < -0.4 is 10.1 Å². The summed E-state index contributed by atoms with van der Waals surface area (Å²) in [6.45, 7) is 12.8. The molecule has 0 saturated heterocycles. The monoisotopic (exact) mass is 536 g/mol. The maximum atomic E-state index is 13.6. The van der Waals surface area contributed by atoms with E-state index in [0.717, 1.165) is 12.8 Å². The molecular weight excluding hydrogens is 500 g/mol. The largest absolute Gasteiger partial charge is 0.496 e. The van der Waals surface area contributed by atoms with Crippen molar-refractivity contribution in [3.63, 3.8) is 0 Å². The Morgan fingerprint density at radius 2 is 1.79 bits per heavy atom. The molecule has 3 rings (SSSR count). The number of carbonyl (C=O) groups excluding carboxylic acids is 4. The molecule has 1 N–H and O–H groups in total. The molecule has 0 radical (unpaired) electrons. The highest BCUT2D eigenvalue weighted by Crippen LogP contribution is 2.34. The molecule has 0 bridgehead atoms. The number of aromatic nitrogens is 1. The van der Waals surface area contributed by atoms with Crippen LogP contribution in [0, 0.1) is 17.3 Å². The van der Waals surface area contributed by atoms with E-state index in [1.54, 1.807) is 52.8 Å². The number of methoxy groups -OCH3 is 1. The van der Waals surface area contributed by atoms with Crippen LogP contribution in [-0.4, -0.2) is 49.1 Å². The molecule has 1 fully saturated rings. The molecule has 2 aromatic rings. The normalized spacial score (nSPS) is 13.8. The van der Waals surface area contributed by atoms with Crippen molar-refractivity contribution in [3.05, 3.63) is 53.4 Å². The lowest BCUT2D eigenvalue weighted by atomic mass is 9.95. The van der Waals surface area contributed by atoms with Gasteiger partial charge in [-0.15, -0.1) is 0 Å². The lowest BCUT2D eigenvalue weighted by Gasteiger charge is -2.25. The van der Waals surface area contributed by atoms with Gasteiger partial charge in [-0.2, -0.15) is 0 Å². The predicted octanol–water partition coefficient (Wildman–Crippen LogP) is 5.08. The van der Waals surface area contributed by atoms with Crippen LogP contribution in [0.5, 0.6) is 5.75 Å². The first-order valence-corrected chi connectivity index (χ1v) is 12.9. The van der Waals surface area contributed by atoms with E-state index in [1.165, 1.54) is 19.2 Å². The zero-order valence-electron chi connectivity index (χ0n) is 23.3. The minimum Gasteiger partial charge on any atom is -0.496 e. The third-order valence-corrected chi connectivity index (χ3v) is 6.21. The summed E-state index contributed by atoms with van der Waals surface area (Å²) in [7, 11) is 1.48. The van der Waals surface area contributed by atoms with Crippen LogP contribution in [0.3, 0.4) is 0 Å².